The monoisotopic (exact) mass is 259 g/mol. The summed E-state index contributed by atoms with van der Waals surface area (Å²) in [5, 5.41) is 4.56. The number of aromatic nitrogens is 3. The molecule has 2 aromatic rings. The Balaban J connectivity index is 2.44. The normalized spacial score (nSPS) is 11.4. The van der Waals surface area contributed by atoms with Crippen molar-refractivity contribution in [3.63, 3.8) is 0 Å². The third-order valence-electron chi connectivity index (χ3n) is 3.68. The van der Waals surface area contributed by atoms with E-state index in [-0.39, 0.29) is 0 Å². The van der Waals surface area contributed by atoms with Crippen LogP contribution in [0.25, 0.3) is 5.65 Å². The van der Waals surface area contributed by atoms with Crippen LogP contribution in [0.4, 0.5) is 0 Å². The average Bonchev–Trinajstić information content (AvgIpc) is 2.74. The van der Waals surface area contributed by atoms with Crippen molar-refractivity contribution >= 4 is 5.65 Å². The van der Waals surface area contributed by atoms with Crippen molar-refractivity contribution in [3.05, 3.63) is 28.7 Å². The lowest BCUT2D eigenvalue weighted by Gasteiger charge is -2.13. The van der Waals surface area contributed by atoms with E-state index in [1.807, 2.05) is 11.4 Å². The second-order valence-corrected chi connectivity index (χ2v) is 5.39. The molecule has 0 spiro atoms. The molecule has 19 heavy (non-hydrogen) atoms. The zero-order valence-electron chi connectivity index (χ0n) is 12.7. The fraction of sp³-hybridized carbons (Fsp3) is 0.625. The Morgan fingerprint density at radius 3 is 2.53 bits per heavy atom. The molecule has 0 radical (unpaired) electrons. The molecule has 0 saturated carbocycles. The lowest BCUT2D eigenvalue weighted by Crippen LogP contribution is -2.08. The maximum atomic E-state index is 4.83. The number of hydrogen-bond donors (Lipinski definition) is 0. The summed E-state index contributed by atoms with van der Waals surface area (Å²) in [6.07, 6.45) is 7.16. The smallest absolute Gasteiger partial charge is 0.155 e. The van der Waals surface area contributed by atoms with Crippen molar-refractivity contribution in [1.29, 1.82) is 0 Å². The van der Waals surface area contributed by atoms with E-state index in [1.165, 1.54) is 36.2 Å². The first-order chi connectivity index (χ1) is 9.17. The topological polar surface area (TPSA) is 30.2 Å². The highest BCUT2D eigenvalue weighted by atomic mass is 15.3. The average molecular weight is 259 g/mol. The first-order valence-electron chi connectivity index (χ1n) is 7.52. The Labute approximate surface area is 116 Å². The van der Waals surface area contributed by atoms with E-state index < -0.39 is 0 Å². The van der Waals surface area contributed by atoms with Crippen molar-refractivity contribution in [2.24, 2.45) is 0 Å². The van der Waals surface area contributed by atoms with Gasteiger partial charge in [-0.1, -0.05) is 33.1 Å². The van der Waals surface area contributed by atoms with E-state index >= 15 is 0 Å². The SMILES string of the molecule is CCCCCc1c(CCC)nc2cc(C)nn2c1C. The fourth-order valence-corrected chi connectivity index (χ4v) is 2.68. The lowest BCUT2D eigenvalue weighted by atomic mass is 10.0. The second-order valence-electron chi connectivity index (χ2n) is 5.39. The zero-order valence-corrected chi connectivity index (χ0v) is 12.7. The highest BCUT2D eigenvalue weighted by Gasteiger charge is 2.12. The number of unbranched alkanes of at least 4 members (excludes halogenated alkanes) is 2. The summed E-state index contributed by atoms with van der Waals surface area (Å²) in [7, 11) is 0. The van der Waals surface area contributed by atoms with Gasteiger partial charge in [-0.2, -0.15) is 5.10 Å². The van der Waals surface area contributed by atoms with E-state index in [4.69, 9.17) is 4.98 Å². The Morgan fingerprint density at radius 2 is 1.84 bits per heavy atom. The molecule has 2 rings (SSSR count). The van der Waals surface area contributed by atoms with Crippen LogP contribution in [0.1, 0.15) is 62.2 Å². The molecule has 2 aromatic heterocycles. The Morgan fingerprint density at radius 1 is 1.05 bits per heavy atom. The molecule has 104 valence electrons. The van der Waals surface area contributed by atoms with E-state index in [2.05, 4.69) is 31.9 Å². The highest BCUT2D eigenvalue weighted by Crippen LogP contribution is 2.19. The molecular formula is C16H25N3. The van der Waals surface area contributed by atoms with Crippen LogP contribution < -0.4 is 0 Å². The largest absolute Gasteiger partial charge is 0.233 e. The van der Waals surface area contributed by atoms with Gasteiger partial charge in [-0.25, -0.2) is 9.50 Å². The van der Waals surface area contributed by atoms with E-state index in [9.17, 15) is 0 Å². The van der Waals surface area contributed by atoms with Gasteiger partial charge in [0.05, 0.1) is 5.69 Å². The second kappa shape index (κ2) is 6.18. The van der Waals surface area contributed by atoms with Crippen LogP contribution in [-0.2, 0) is 12.8 Å². The molecule has 0 aliphatic carbocycles. The van der Waals surface area contributed by atoms with Gasteiger partial charge in [0.15, 0.2) is 5.65 Å². The van der Waals surface area contributed by atoms with Crippen molar-refractivity contribution in [3.8, 4) is 0 Å². The van der Waals surface area contributed by atoms with Crippen LogP contribution in [0.15, 0.2) is 6.07 Å². The van der Waals surface area contributed by atoms with Gasteiger partial charge in [0.25, 0.3) is 0 Å². The molecule has 0 aliphatic heterocycles. The fourth-order valence-electron chi connectivity index (χ4n) is 2.68. The van der Waals surface area contributed by atoms with Crippen LogP contribution in [-0.4, -0.2) is 14.6 Å². The van der Waals surface area contributed by atoms with Gasteiger partial charge >= 0.3 is 0 Å². The van der Waals surface area contributed by atoms with Gasteiger partial charge in [-0.15, -0.1) is 0 Å². The molecule has 0 unspecified atom stereocenters. The molecular weight excluding hydrogens is 234 g/mol. The highest BCUT2D eigenvalue weighted by molar-refractivity contribution is 5.44. The van der Waals surface area contributed by atoms with Gasteiger partial charge in [-0.3, -0.25) is 0 Å². The molecule has 0 bridgehead atoms. The molecule has 0 amide bonds. The molecule has 0 aliphatic rings. The van der Waals surface area contributed by atoms with Crippen LogP contribution in [0.2, 0.25) is 0 Å². The maximum absolute atomic E-state index is 4.83. The van der Waals surface area contributed by atoms with Crippen molar-refractivity contribution < 1.29 is 0 Å². The number of aryl methyl sites for hydroxylation is 3. The van der Waals surface area contributed by atoms with Gasteiger partial charge < -0.3 is 0 Å². The quantitative estimate of drug-likeness (QED) is 0.733. The predicted octanol–water partition coefficient (Wildman–Crippen LogP) is 4.03. The first kappa shape index (κ1) is 14.0. The maximum Gasteiger partial charge on any atom is 0.155 e. The summed E-state index contributed by atoms with van der Waals surface area (Å²) >= 11 is 0. The van der Waals surface area contributed by atoms with Crippen LogP contribution in [0.3, 0.4) is 0 Å². The molecule has 3 nitrogen and oxygen atoms in total. The van der Waals surface area contributed by atoms with Crippen LogP contribution in [0, 0.1) is 13.8 Å². The summed E-state index contributed by atoms with van der Waals surface area (Å²) in [6, 6.07) is 2.07. The lowest BCUT2D eigenvalue weighted by molar-refractivity contribution is 0.693. The standard InChI is InChI=1S/C16H25N3/c1-5-7-8-10-14-13(4)19-16(11-12(3)18-19)17-15(14)9-6-2/h11H,5-10H2,1-4H3. The minimum absolute atomic E-state index is 0.998. The van der Waals surface area contributed by atoms with Gasteiger partial charge in [0.2, 0.25) is 0 Å². The van der Waals surface area contributed by atoms with Crippen LogP contribution in [0.5, 0.6) is 0 Å². The zero-order chi connectivity index (χ0) is 13.8. The van der Waals surface area contributed by atoms with Crippen molar-refractivity contribution in [2.45, 2.75) is 66.2 Å². The third kappa shape index (κ3) is 2.96. The molecule has 3 heteroatoms. The predicted molar refractivity (Wildman–Crippen MR) is 79.7 cm³/mol. The molecule has 2 heterocycles. The minimum atomic E-state index is 0.998. The van der Waals surface area contributed by atoms with Gasteiger partial charge in [0.1, 0.15) is 0 Å². The Kier molecular flexibility index (Phi) is 4.56. The Bertz CT molecular complexity index is 555. The Hall–Kier alpha value is -1.38. The van der Waals surface area contributed by atoms with E-state index in [0.717, 1.165) is 30.6 Å². The summed E-state index contributed by atoms with van der Waals surface area (Å²) in [6.45, 7) is 8.68. The molecule has 0 aromatic carbocycles. The molecule has 0 atom stereocenters. The third-order valence-corrected chi connectivity index (χ3v) is 3.68. The molecule has 0 N–H and O–H groups in total. The van der Waals surface area contributed by atoms with Crippen molar-refractivity contribution in [2.75, 3.05) is 0 Å². The summed E-state index contributed by atoms with van der Waals surface area (Å²) in [5.41, 5.74) is 6.02. The van der Waals surface area contributed by atoms with Crippen LogP contribution >= 0.6 is 0 Å². The summed E-state index contributed by atoms with van der Waals surface area (Å²) in [5.74, 6) is 0. The van der Waals surface area contributed by atoms with E-state index in [1.54, 1.807) is 0 Å². The molecule has 0 saturated heterocycles. The van der Waals surface area contributed by atoms with Crippen molar-refractivity contribution in [1.82, 2.24) is 14.6 Å². The number of nitrogens with zero attached hydrogens (tertiary/aromatic N) is 3. The molecule has 0 fully saturated rings. The first-order valence-corrected chi connectivity index (χ1v) is 7.52. The van der Waals surface area contributed by atoms with Gasteiger partial charge in [0, 0.05) is 17.5 Å². The summed E-state index contributed by atoms with van der Waals surface area (Å²) < 4.78 is 2.01. The number of rotatable bonds is 6. The number of fused-ring (bicyclic) bond motifs is 1. The van der Waals surface area contributed by atoms with E-state index in [0.29, 0.717) is 0 Å². The minimum Gasteiger partial charge on any atom is -0.233 e. The summed E-state index contributed by atoms with van der Waals surface area (Å²) in [4.78, 5) is 4.83. The number of hydrogen-bond acceptors (Lipinski definition) is 2. The van der Waals surface area contributed by atoms with Gasteiger partial charge in [-0.05, 0) is 38.7 Å².